The van der Waals surface area contributed by atoms with Crippen LogP contribution < -0.4 is 10.6 Å². The molecule has 2 N–H and O–H groups in total. The Morgan fingerprint density at radius 3 is 2.64 bits per heavy atom. The SMILES string of the molecule is CC(NCCNc1ncccn1)c1cc(-c2ccccc2)nc2c(Br)cnn12. The van der Waals surface area contributed by atoms with Crippen LogP contribution in [-0.4, -0.2) is 37.7 Å². The molecule has 0 fully saturated rings. The van der Waals surface area contributed by atoms with Crippen molar-refractivity contribution in [3.8, 4) is 11.3 Å². The first kappa shape index (κ1) is 18.5. The molecule has 0 radical (unpaired) electrons. The van der Waals surface area contributed by atoms with Crippen LogP contribution in [0, 0.1) is 0 Å². The van der Waals surface area contributed by atoms with Gasteiger partial charge < -0.3 is 10.6 Å². The predicted octanol–water partition coefficient (Wildman–Crippen LogP) is 3.71. The maximum absolute atomic E-state index is 4.78. The fourth-order valence-corrected chi connectivity index (χ4v) is 3.33. The van der Waals surface area contributed by atoms with Crippen LogP contribution in [0.2, 0.25) is 0 Å². The average molecular weight is 438 g/mol. The van der Waals surface area contributed by atoms with E-state index in [9.17, 15) is 0 Å². The third-order valence-corrected chi connectivity index (χ3v) is 4.95. The zero-order chi connectivity index (χ0) is 19.3. The van der Waals surface area contributed by atoms with Crippen molar-refractivity contribution >= 4 is 27.5 Å². The predicted molar refractivity (Wildman–Crippen MR) is 113 cm³/mol. The lowest BCUT2D eigenvalue weighted by Crippen LogP contribution is -2.27. The molecule has 0 saturated heterocycles. The van der Waals surface area contributed by atoms with E-state index in [4.69, 9.17) is 4.98 Å². The van der Waals surface area contributed by atoms with Crippen LogP contribution in [0.3, 0.4) is 0 Å². The highest BCUT2D eigenvalue weighted by atomic mass is 79.9. The Morgan fingerprint density at radius 2 is 1.86 bits per heavy atom. The molecular weight excluding hydrogens is 418 g/mol. The highest BCUT2D eigenvalue weighted by Gasteiger charge is 2.15. The van der Waals surface area contributed by atoms with E-state index in [0.29, 0.717) is 5.95 Å². The summed E-state index contributed by atoms with van der Waals surface area (Å²) in [6, 6.07) is 14.1. The smallest absolute Gasteiger partial charge is 0.222 e. The van der Waals surface area contributed by atoms with Crippen molar-refractivity contribution in [1.82, 2.24) is 29.9 Å². The summed E-state index contributed by atoms with van der Waals surface area (Å²) in [6.07, 6.45) is 5.22. The Morgan fingerprint density at radius 1 is 1.07 bits per heavy atom. The second kappa shape index (κ2) is 8.45. The maximum Gasteiger partial charge on any atom is 0.222 e. The minimum atomic E-state index is 0.0817. The molecule has 4 aromatic rings. The van der Waals surface area contributed by atoms with Crippen molar-refractivity contribution in [1.29, 1.82) is 0 Å². The number of rotatable bonds is 7. The number of hydrogen-bond acceptors (Lipinski definition) is 6. The van der Waals surface area contributed by atoms with Gasteiger partial charge in [0.15, 0.2) is 5.65 Å². The van der Waals surface area contributed by atoms with Gasteiger partial charge in [-0.3, -0.25) is 0 Å². The lowest BCUT2D eigenvalue weighted by atomic mass is 10.1. The van der Waals surface area contributed by atoms with Crippen LogP contribution in [0.15, 0.2) is 65.5 Å². The summed E-state index contributed by atoms with van der Waals surface area (Å²) in [5.74, 6) is 0.630. The van der Waals surface area contributed by atoms with Crippen molar-refractivity contribution < 1.29 is 0 Å². The highest BCUT2D eigenvalue weighted by molar-refractivity contribution is 9.10. The number of halogens is 1. The van der Waals surface area contributed by atoms with E-state index in [1.807, 2.05) is 22.7 Å². The van der Waals surface area contributed by atoms with E-state index in [0.717, 1.165) is 40.2 Å². The summed E-state index contributed by atoms with van der Waals surface area (Å²) in [7, 11) is 0. The van der Waals surface area contributed by atoms with Crippen LogP contribution in [0.5, 0.6) is 0 Å². The van der Waals surface area contributed by atoms with E-state index in [2.05, 4.69) is 66.8 Å². The molecule has 0 aliphatic carbocycles. The van der Waals surface area contributed by atoms with Gasteiger partial charge in [0.25, 0.3) is 0 Å². The minimum absolute atomic E-state index is 0.0817. The fraction of sp³-hybridized carbons (Fsp3) is 0.200. The fourth-order valence-electron chi connectivity index (χ4n) is 2.98. The van der Waals surface area contributed by atoms with Crippen molar-refractivity contribution in [2.45, 2.75) is 13.0 Å². The van der Waals surface area contributed by atoms with Crippen LogP contribution >= 0.6 is 15.9 Å². The number of benzene rings is 1. The molecular formula is C20H20BrN7. The van der Waals surface area contributed by atoms with E-state index >= 15 is 0 Å². The quantitative estimate of drug-likeness (QED) is 0.429. The molecule has 1 unspecified atom stereocenters. The molecule has 8 heteroatoms. The Balaban J connectivity index is 1.53. The van der Waals surface area contributed by atoms with Gasteiger partial charge >= 0.3 is 0 Å². The van der Waals surface area contributed by atoms with Crippen LogP contribution in [0.25, 0.3) is 16.9 Å². The summed E-state index contributed by atoms with van der Waals surface area (Å²) in [5, 5.41) is 11.2. The Hall–Kier alpha value is -2.84. The van der Waals surface area contributed by atoms with Crippen LogP contribution in [0.1, 0.15) is 18.7 Å². The molecule has 0 aliphatic heterocycles. The van der Waals surface area contributed by atoms with E-state index < -0.39 is 0 Å². The van der Waals surface area contributed by atoms with Gasteiger partial charge in [0, 0.05) is 37.1 Å². The molecule has 1 atom stereocenters. The van der Waals surface area contributed by atoms with Gasteiger partial charge in [-0.25, -0.2) is 19.5 Å². The Bertz CT molecular complexity index is 1050. The maximum atomic E-state index is 4.78. The molecule has 0 spiro atoms. The monoisotopic (exact) mass is 437 g/mol. The molecule has 0 amide bonds. The molecule has 1 aromatic carbocycles. The topological polar surface area (TPSA) is 80.0 Å². The second-order valence-corrected chi connectivity index (χ2v) is 7.19. The molecule has 0 bridgehead atoms. The van der Waals surface area contributed by atoms with Crippen molar-refractivity contribution in [3.05, 3.63) is 71.2 Å². The number of fused-ring (bicyclic) bond motifs is 1. The van der Waals surface area contributed by atoms with Gasteiger partial charge in [-0.1, -0.05) is 30.3 Å². The third kappa shape index (κ3) is 4.02. The van der Waals surface area contributed by atoms with Crippen molar-refractivity contribution in [3.63, 3.8) is 0 Å². The first-order valence-electron chi connectivity index (χ1n) is 9.06. The van der Waals surface area contributed by atoms with Gasteiger partial charge in [0.05, 0.1) is 22.1 Å². The number of aromatic nitrogens is 5. The summed E-state index contributed by atoms with van der Waals surface area (Å²) in [6.45, 7) is 3.60. The van der Waals surface area contributed by atoms with Gasteiger partial charge in [-0.15, -0.1) is 0 Å². The van der Waals surface area contributed by atoms with E-state index in [1.165, 1.54) is 0 Å². The van der Waals surface area contributed by atoms with Crippen molar-refractivity contribution in [2.75, 3.05) is 18.4 Å². The largest absolute Gasteiger partial charge is 0.353 e. The average Bonchev–Trinajstić information content (AvgIpc) is 3.12. The molecule has 7 nitrogen and oxygen atoms in total. The van der Waals surface area contributed by atoms with Gasteiger partial charge in [0.2, 0.25) is 5.95 Å². The lowest BCUT2D eigenvalue weighted by Gasteiger charge is -2.17. The standard InChI is InChI=1S/C20H20BrN7/c1-14(22-10-11-25-20-23-8-5-9-24-20)18-12-17(15-6-3-2-4-7-15)27-19-16(21)13-26-28(18)19/h2-9,12-14,22H,10-11H2,1H3,(H,23,24,25). The zero-order valence-electron chi connectivity index (χ0n) is 15.4. The third-order valence-electron chi connectivity index (χ3n) is 4.39. The highest BCUT2D eigenvalue weighted by Crippen LogP contribution is 2.26. The molecule has 3 aromatic heterocycles. The molecule has 3 heterocycles. The second-order valence-electron chi connectivity index (χ2n) is 6.34. The number of anilines is 1. The summed E-state index contributed by atoms with van der Waals surface area (Å²) < 4.78 is 2.75. The van der Waals surface area contributed by atoms with Gasteiger partial charge in [0.1, 0.15) is 0 Å². The van der Waals surface area contributed by atoms with Crippen molar-refractivity contribution in [2.24, 2.45) is 0 Å². The molecule has 28 heavy (non-hydrogen) atoms. The first-order valence-corrected chi connectivity index (χ1v) is 9.85. The van der Waals surface area contributed by atoms with Crippen LogP contribution in [0.4, 0.5) is 5.95 Å². The Kier molecular flexibility index (Phi) is 5.59. The molecule has 142 valence electrons. The summed E-state index contributed by atoms with van der Waals surface area (Å²) >= 11 is 3.56. The van der Waals surface area contributed by atoms with E-state index in [1.54, 1.807) is 24.7 Å². The number of hydrogen-bond donors (Lipinski definition) is 2. The lowest BCUT2D eigenvalue weighted by molar-refractivity contribution is 0.559. The number of nitrogens with zero attached hydrogens (tertiary/aromatic N) is 5. The Labute approximate surface area is 171 Å². The first-order chi connectivity index (χ1) is 13.7. The number of nitrogens with one attached hydrogen (secondary N) is 2. The minimum Gasteiger partial charge on any atom is -0.353 e. The summed E-state index contributed by atoms with van der Waals surface area (Å²) in [5.41, 5.74) is 3.86. The van der Waals surface area contributed by atoms with Gasteiger partial charge in [-0.2, -0.15) is 5.10 Å². The van der Waals surface area contributed by atoms with Gasteiger partial charge in [-0.05, 0) is 35.0 Å². The van der Waals surface area contributed by atoms with E-state index in [-0.39, 0.29) is 6.04 Å². The molecule has 4 rings (SSSR count). The normalized spacial score (nSPS) is 12.2. The molecule has 0 aliphatic rings. The molecule has 0 saturated carbocycles. The zero-order valence-corrected chi connectivity index (χ0v) is 17.0. The summed E-state index contributed by atoms with van der Waals surface area (Å²) in [4.78, 5) is 13.1. The van der Waals surface area contributed by atoms with Crippen LogP contribution in [-0.2, 0) is 0 Å².